The number of amides is 1. The van der Waals surface area contributed by atoms with E-state index < -0.39 is 0 Å². The number of nitrogens with zero attached hydrogens (tertiary/aromatic N) is 2. The molecule has 37 heavy (non-hydrogen) atoms. The number of carbonyl (C=O) groups is 1. The Morgan fingerprint density at radius 2 is 1.70 bits per heavy atom. The second-order valence-corrected chi connectivity index (χ2v) is 9.69. The van der Waals surface area contributed by atoms with Crippen LogP contribution in [0.3, 0.4) is 0 Å². The van der Waals surface area contributed by atoms with Gasteiger partial charge in [-0.05, 0) is 67.0 Å². The molecule has 0 aliphatic carbocycles. The molecule has 5 heteroatoms. The Bertz CT molecular complexity index is 1250. The highest BCUT2D eigenvalue weighted by Crippen LogP contribution is 2.22. The van der Waals surface area contributed by atoms with Gasteiger partial charge < -0.3 is 14.6 Å². The SMILES string of the molecule is CCC(C)c1ccc(OCCCn2c(CCCNC(=O)CCc3ccccc3)nc3ccccc32)cc1. The van der Waals surface area contributed by atoms with Gasteiger partial charge in [-0.15, -0.1) is 0 Å². The van der Waals surface area contributed by atoms with Crippen molar-refractivity contribution in [1.82, 2.24) is 14.9 Å². The van der Waals surface area contributed by atoms with Crippen molar-refractivity contribution in [2.75, 3.05) is 13.2 Å². The Kier molecular flexibility index (Phi) is 9.75. The minimum absolute atomic E-state index is 0.103. The van der Waals surface area contributed by atoms with Crippen LogP contribution in [0.25, 0.3) is 11.0 Å². The van der Waals surface area contributed by atoms with E-state index in [1.54, 1.807) is 0 Å². The number of aromatic nitrogens is 2. The third-order valence-corrected chi connectivity index (χ3v) is 6.97. The number of ether oxygens (including phenoxy) is 1. The molecule has 4 rings (SSSR count). The topological polar surface area (TPSA) is 56.1 Å². The summed E-state index contributed by atoms with van der Waals surface area (Å²) in [6.45, 7) is 6.64. The highest BCUT2D eigenvalue weighted by molar-refractivity contribution is 5.76. The lowest BCUT2D eigenvalue weighted by atomic mass is 9.99. The molecular weight excluding hydrogens is 458 g/mol. The van der Waals surface area contributed by atoms with Crippen molar-refractivity contribution in [1.29, 1.82) is 0 Å². The summed E-state index contributed by atoms with van der Waals surface area (Å²) in [6, 6.07) is 26.9. The number of nitrogens with one attached hydrogen (secondary N) is 1. The number of aryl methyl sites for hydroxylation is 3. The van der Waals surface area contributed by atoms with E-state index >= 15 is 0 Å². The molecule has 1 heterocycles. The van der Waals surface area contributed by atoms with Gasteiger partial charge in [0.15, 0.2) is 0 Å². The van der Waals surface area contributed by atoms with Gasteiger partial charge in [0.05, 0.1) is 17.6 Å². The molecular formula is C32H39N3O2. The number of imidazole rings is 1. The van der Waals surface area contributed by atoms with E-state index in [2.05, 4.69) is 78.3 Å². The van der Waals surface area contributed by atoms with Crippen molar-refractivity contribution in [2.45, 2.75) is 64.8 Å². The second-order valence-electron chi connectivity index (χ2n) is 9.69. The first-order chi connectivity index (χ1) is 18.1. The summed E-state index contributed by atoms with van der Waals surface area (Å²) in [6.07, 6.45) is 5.01. The number of hydrogen-bond donors (Lipinski definition) is 1. The monoisotopic (exact) mass is 497 g/mol. The number of rotatable bonds is 14. The molecule has 1 atom stereocenters. The zero-order valence-corrected chi connectivity index (χ0v) is 22.2. The maximum atomic E-state index is 12.2. The number of benzene rings is 3. The zero-order chi connectivity index (χ0) is 25.9. The minimum atomic E-state index is 0.103. The summed E-state index contributed by atoms with van der Waals surface area (Å²) >= 11 is 0. The Morgan fingerprint density at radius 1 is 0.946 bits per heavy atom. The van der Waals surface area contributed by atoms with Gasteiger partial charge in [-0.1, -0.05) is 68.4 Å². The van der Waals surface area contributed by atoms with Crippen LogP contribution in [0.4, 0.5) is 0 Å². The van der Waals surface area contributed by atoms with Gasteiger partial charge in [-0.3, -0.25) is 4.79 Å². The number of fused-ring (bicyclic) bond motifs is 1. The first kappa shape index (κ1) is 26.5. The standard InChI is InChI=1S/C32H39N3O2/c1-3-25(2)27-17-19-28(20-18-27)37-24-10-23-35-30-14-8-7-13-29(30)34-31(35)15-9-22-33-32(36)21-16-26-11-5-4-6-12-26/h4-8,11-14,17-20,25H,3,9-10,15-16,21-24H2,1-2H3,(H,33,36). The van der Waals surface area contributed by atoms with Crippen molar-refractivity contribution in [2.24, 2.45) is 0 Å². The van der Waals surface area contributed by atoms with E-state index in [1.807, 2.05) is 24.3 Å². The molecule has 0 fully saturated rings. The molecule has 0 aliphatic heterocycles. The lowest BCUT2D eigenvalue weighted by molar-refractivity contribution is -0.121. The average molecular weight is 498 g/mol. The van der Waals surface area contributed by atoms with Crippen LogP contribution >= 0.6 is 0 Å². The van der Waals surface area contributed by atoms with Gasteiger partial charge in [0.2, 0.25) is 5.91 Å². The van der Waals surface area contributed by atoms with E-state index in [1.165, 1.54) is 11.1 Å². The smallest absolute Gasteiger partial charge is 0.220 e. The lowest BCUT2D eigenvalue weighted by Crippen LogP contribution is -2.25. The van der Waals surface area contributed by atoms with Crippen LogP contribution in [0, 0.1) is 0 Å². The molecule has 1 unspecified atom stereocenters. The Hall–Kier alpha value is -3.60. The molecule has 1 aromatic heterocycles. The second kappa shape index (κ2) is 13.6. The minimum Gasteiger partial charge on any atom is -0.494 e. The molecule has 1 amide bonds. The van der Waals surface area contributed by atoms with Crippen LogP contribution < -0.4 is 10.1 Å². The van der Waals surface area contributed by atoms with Crippen LogP contribution in [0.2, 0.25) is 0 Å². The predicted octanol–water partition coefficient (Wildman–Crippen LogP) is 6.70. The van der Waals surface area contributed by atoms with Crippen molar-refractivity contribution >= 4 is 16.9 Å². The van der Waals surface area contributed by atoms with E-state index in [0.717, 1.165) is 61.3 Å². The molecule has 1 N–H and O–H groups in total. The number of para-hydroxylation sites is 2. The van der Waals surface area contributed by atoms with Crippen molar-refractivity contribution in [3.05, 3.63) is 95.8 Å². The van der Waals surface area contributed by atoms with Gasteiger partial charge in [0.25, 0.3) is 0 Å². The quantitative estimate of drug-likeness (QED) is 0.197. The summed E-state index contributed by atoms with van der Waals surface area (Å²) in [7, 11) is 0. The fraction of sp³-hybridized carbons (Fsp3) is 0.375. The highest BCUT2D eigenvalue weighted by atomic mass is 16.5. The van der Waals surface area contributed by atoms with E-state index in [0.29, 0.717) is 25.5 Å². The Balaban J connectivity index is 1.25. The average Bonchev–Trinajstić information content (AvgIpc) is 3.30. The molecule has 0 aliphatic rings. The van der Waals surface area contributed by atoms with Gasteiger partial charge in [-0.25, -0.2) is 4.98 Å². The normalized spacial score (nSPS) is 11.9. The summed E-state index contributed by atoms with van der Waals surface area (Å²) in [5.41, 5.74) is 4.73. The summed E-state index contributed by atoms with van der Waals surface area (Å²) in [5, 5.41) is 3.07. The summed E-state index contributed by atoms with van der Waals surface area (Å²) in [4.78, 5) is 17.1. The van der Waals surface area contributed by atoms with E-state index in [-0.39, 0.29) is 5.91 Å². The highest BCUT2D eigenvalue weighted by Gasteiger charge is 2.11. The number of carbonyl (C=O) groups excluding carboxylic acids is 1. The fourth-order valence-electron chi connectivity index (χ4n) is 4.57. The molecule has 3 aromatic carbocycles. The van der Waals surface area contributed by atoms with Crippen LogP contribution in [-0.4, -0.2) is 28.6 Å². The molecule has 0 bridgehead atoms. The van der Waals surface area contributed by atoms with Gasteiger partial charge >= 0.3 is 0 Å². The molecule has 4 aromatic rings. The summed E-state index contributed by atoms with van der Waals surface area (Å²) < 4.78 is 8.33. The molecule has 0 spiro atoms. The lowest BCUT2D eigenvalue weighted by Gasteiger charge is -2.12. The van der Waals surface area contributed by atoms with Crippen molar-refractivity contribution in [3.8, 4) is 5.75 Å². The molecule has 194 valence electrons. The molecule has 0 radical (unpaired) electrons. The first-order valence-corrected chi connectivity index (χ1v) is 13.6. The zero-order valence-electron chi connectivity index (χ0n) is 22.2. The maximum absolute atomic E-state index is 12.2. The number of hydrogen-bond acceptors (Lipinski definition) is 3. The van der Waals surface area contributed by atoms with E-state index in [9.17, 15) is 4.79 Å². The first-order valence-electron chi connectivity index (χ1n) is 13.6. The molecule has 5 nitrogen and oxygen atoms in total. The third-order valence-electron chi connectivity index (χ3n) is 6.97. The van der Waals surface area contributed by atoms with Crippen LogP contribution in [0.1, 0.15) is 62.4 Å². The van der Waals surface area contributed by atoms with Gasteiger partial charge in [-0.2, -0.15) is 0 Å². The van der Waals surface area contributed by atoms with Gasteiger partial charge in [0.1, 0.15) is 11.6 Å². The molecule has 0 saturated heterocycles. The van der Waals surface area contributed by atoms with Crippen molar-refractivity contribution in [3.63, 3.8) is 0 Å². The largest absolute Gasteiger partial charge is 0.494 e. The Morgan fingerprint density at radius 3 is 2.49 bits per heavy atom. The van der Waals surface area contributed by atoms with Crippen LogP contribution in [0.5, 0.6) is 5.75 Å². The summed E-state index contributed by atoms with van der Waals surface area (Å²) in [5.74, 6) is 2.67. The predicted molar refractivity (Wildman–Crippen MR) is 151 cm³/mol. The van der Waals surface area contributed by atoms with Crippen LogP contribution in [-0.2, 0) is 24.2 Å². The van der Waals surface area contributed by atoms with Gasteiger partial charge in [0, 0.05) is 25.9 Å². The maximum Gasteiger partial charge on any atom is 0.220 e. The van der Waals surface area contributed by atoms with E-state index in [4.69, 9.17) is 9.72 Å². The third kappa shape index (κ3) is 7.69. The Labute approximate surface area is 220 Å². The van der Waals surface area contributed by atoms with Crippen LogP contribution in [0.15, 0.2) is 78.9 Å². The fourth-order valence-corrected chi connectivity index (χ4v) is 4.57. The molecule has 0 saturated carbocycles. The van der Waals surface area contributed by atoms with Crippen molar-refractivity contribution < 1.29 is 9.53 Å².